The van der Waals surface area contributed by atoms with E-state index in [1.165, 1.54) is 35.9 Å². The molecule has 1 amide bonds. The lowest BCUT2D eigenvalue weighted by molar-refractivity contribution is -0.384. The van der Waals surface area contributed by atoms with Gasteiger partial charge in [0.05, 0.1) is 11.5 Å². The molecule has 0 spiro atoms. The number of benzene rings is 1. The third-order valence-corrected chi connectivity index (χ3v) is 3.45. The van der Waals surface area contributed by atoms with Gasteiger partial charge >= 0.3 is 5.69 Å². The molecule has 0 bridgehead atoms. The summed E-state index contributed by atoms with van der Waals surface area (Å²) in [5.41, 5.74) is 5.24. The largest absolute Gasteiger partial charge is 0.393 e. The zero-order valence-corrected chi connectivity index (χ0v) is 11.9. The number of nitrogen functional groups attached to an aromatic ring is 1. The number of para-hydroxylation sites is 1. The van der Waals surface area contributed by atoms with Gasteiger partial charge in [-0.1, -0.05) is 6.07 Å². The van der Waals surface area contributed by atoms with Crippen molar-refractivity contribution in [2.45, 2.75) is 12.8 Å². The van der Waals surface area contributed by atoms with Crippen molar-refractivity contribution >= 4 is 17.3 Å². The molecule has 0 aliphatic heterocycles. The second kappa shape index (κ2) is 6.53. The molecule has 0 atom stereocenters. The van der Waals surface area contributed by atoms with Crippen LogP contribution in [0.2, 0.25) is 0 Å². The maximum absolute atomic E-state index is 12.3. The Balaban J connectivity index is 1.97. The van der Waals surface area contributed by atoms with Crippen molar-refractivity contribution in [3.8, 4) is 0 Å². The van der Waals surface area contributed by atoms with Crippen molar-refractivity contribution in [1.29, 1.82) is 0 Å². The summed E-state index contributed by atoms with van der Waals surface area (Å²) in [6, 6.07) is 4.36. The number of likely N-dealkylation sites (N-methyl/N-ethyl adjacent to an activating group) is 1. The van der Waals surface area contributed by atoms with Gasteiger partial charge in [0, 0.05) is 20.2 Å². The minimum atomic E-state index is -0.625. The molecule has 1 aromatic rings. The van der Waals surface area contributed by atoms with Crippen molar-refractivity contribution < 1.29 is 14.5 Å². The number of nitro benzene ring substituents is 1. The van der Waals surface area contributed by atoms with Gasteiger partial charge in [-0.3, -0.25) is 14.9 Å². The van der Waals surface area contributed by atoms with Crippen LogP contribution in [0.15, 0.2) is 18.2 Å². The molecule has 7 nitrogen and oxygen atoms in total. The van der Waals surface area contributed by atoms with Crippen LogP contribution in [0.3, 0.4) is 0 Å². The van der Waals surface area contributed by atoms with Crippen LogP contribution in [-0.4, -0.2) is 42.5 Å². The van der Waals surface area contributed by atoms with Gasteiger partial charge in [0.15, 0.2) is 0 Å². The Morgan fingerprint density at radius 3 is 2.86 bits per heavy atom. The average Bonchev–Trinajstić information content (AvgIpc) is 3.26. The number of ether oxygens (including phenoxy) is 1. The summed E-state index contributed by atoms with van der Waals surface area (Å²) in [5, 5.41) is 11.0. The van der Waals surface area contributed by atoms with E-state index in [1.807, 2.05) is 0 Å². The maximum Gasteiger partial charge on any atom is 0.304 e. The van der Waals surface area contributed by atoms with E-state index in [4.69, 9.17) is 10.5 Å². The van der Waals surface area contributed by atoms with Crippen molar-refractivity contribution in [3.05, 3.63) is 33.9 Å². The minimum Gasteiger partial charge on any atom is -0.393 e. The van der Waals surface area contributed by atoms with Gasteiger partial charge in [-0.2, -0.15) is 0 Å². The molecule has 0 unspecified atom stereocenters. The van der Waals surface area contributed by atoms with Gasteiger partial charge in [0.1, 0.15) is 11.3 Å². The van der Waals surface area contributed by atoms with Crippen LogP contribution >= 0.6 is 0 Å². The number of rotatable bonds is 7. The molecule has 1 aliphatic rings. The number of hydrogen-bond acceptors (Lipinski definition) is 5. The number of carbonyl (C=O) groups is 1. The number of hydrogen-bond donors (Lipinski definition) is 1. The highest BCUT2D eigenvalue weighted by atomic mass is 16.6. The van der Waals surface area contributed by atoms with Crippen LogP contribution in [0.25, 0.3) is 0 Å². The third kappa shape index (κ3) is 3.91. The summed E-state index contributed by atoms with van der Waals surface area (Å²) in [4.78, 5) is 24.1. The third-order valence-electron chi connectivity index (χ3n) is 3.45. The molecule has 114 valence electrons. The van der Waals surface area contributed by atoms with E-state index in [1.54, 1.807) is 7.05 Å². The summed E-state index contributed by atoms with van der Waals surface area (Å²) in [7, 11) is 1.59. The topological polar surface area (TPSA) is 98.7 Å². The smallest absolute Gasteiger partial charge is 0.304 e. The lowest BCUT2D eigenvalue weighted by Gasteiger charge is -2.17. The molecular formula is C14H19N3O4. The zero-order valence-electron chi connectivity index (χ0n) is 11.9. The predicted molar refractivity (Wildman–Crippen MR) is 78.0 cm³/mol. The van der Waals surface area contributed by atoms with Crippen molar-refractivity contribution in [2.24, 2.45) is 5.92 Å². The molecule has 0 aromatic heterocycles. The van der Waals surface area contributed by atoms with Crippen molar-refractivity contribution in [1.82, 2.24) is 4.90 Å². The number of carbonyl (C=O) groups excluding carboxylic acids is 1. The summed E-state index contributed by atoms with van der Waals surface area (Å²) >= 11 is 0. The van der Waals surface area contributed by atoms with Gasteiger partial charge in [0.2, 0.25) is 0 Å². The number of nitro groups is 1. The lowest BCUT2D eigenvalue weighted by atomic mass is 10.1. The summed E-state index contributed by atoms with van der Waals surface area (Å²) < 4.78 is 5.46. The molecule has 0 radical (unpaired) electrons. The molecule has 1 aromatic carbocycles. The first kappa shape index (κ1) is 15.2. The van der Waals surface area contributed by atoms with Crippen molar-refractivity contribution in [2.75, 3.05) is 32.5 Å². The van der Waals surface area contributed by atoms with E-state index in [-0.39, 0.29) is 16.9 Å². The molecule has 0 saturated heterocycles. The number of nitrogens with zero attached hydrogens (tertiary/aromatic N) is 2. The SMILES string of the molecule is CN(CCOCC1CC1)C(=O)c1cccc(N)c1[N+](=O)[O-]. The van der Waals surface area contributed by atoms with Gasteiger partial charge in [-0.05, 0) is 30.9 Å². The fraction of sp³-hybridized carbons (Fsp3) is 0.500. The van der Waals surface area contributed by atoms with E-state index in [0.717, 1.165) is 6.61 Å². The number of anilines is 1. The fourth-order valence-electron chi connectivity index (χ4n) is 1.98. The van der Waals surface area contributed by atoms with Crippen LogP contribution in [0.5, 0.6) is 0 Å². The zero-order chi connectivity index (χ0) is 15.4. The Bertz CT molecular complexity index is 543. The molecule has 1 saturated carbocycles. The standard InChI is InChI=1S/C14H19N3O4/c1-16(7-8-21-9-10-5-6-10)14(18)11-3-2-4-12(15)13(11)17(19)20/h2-4,10H,5-9,15H2,1H3. The van der Waals surface area contributed by atoms with E-state index in [0.29, 0.717) is 19.1 Å². The van der Waals surface area contributed by atoms with Crippen LogP contribution in [0, 0.1) is 16.0 Å². The fourth-order valence-corrected chi connectivity index (χ4v) is 1.98. The second-order valence-electron chi connectivity index (χ2n) is 5.25. The summed E-state index contributed by atoms with van der Waals surface area (Å²) in [5.74, 6) is 0.241. The Morgan fingerprint density at radius 2 is 2.24 bits per heavy atom. The summed E-state index contributed by atoms with van der Waals surface area (Å²) in [6.45, 7) is 1.53. The maximum atomic E-state index is 12.3. The predicted octanol–water partition coefficient (Wildman–Crippen LogP) is 1.68. The highest BCUT2D eigenvalue weighted by Gasteiger charge is 2.25. The van der Waals surface area contributed by atoms with Crippen LogP contribution in [-0.2, 0) is 4.74 Å². The first-order valence-corrected chi connectivity index (χ1v) is 6.86. The molecule has 2 N–H and O–H groups in total. The first-order chi connectivity index (χ1) is 10.0. The Morgan fingerprint density at radius 1 is 1.52 bits per heavy atom. The molecule has 2 rings (SSSR count). The monoisotopic (exact) mass is 293 g/mol. The number of amides is 1. The minimum absolute atomic E-state index is 0.00435. The van der Waals surface area contributed by atoms with Crippen LogP contribution < -0.4 is 5.73 Å². The lowest BCUT2D eigenvalue weighted by Crippen LogP contribution is -2.31. The van der Waals surface area contributed by atoms with Gasteiger partial charge in [0.25, 0.3) is 5.91 Å². The van der Waals surface area contributed by atoms with Crippen molar-refractivity contribution in [3.63, 3.8) is 0 Å². The summed E-state index contributed by atoms with van der Waals surface area (Å²) in [6.07, 6.45) is 2.43. The van der Waals surface area contributed by atoms with Gasteiger partial charge < -0.3 is 15.4 Å². The molecule has 1 fully saturated rings. The highest BCUT2D eigenvalue weighted by molar-refractivity contribution is 6.00. The quantitative estimate of drug-likeness (QED) is 0.357. The molecule has 0 heterocycles. The van der Waals surface area contributed by atoms with E-state index >= 15 is 0 Å². The first-order valence-electron chi connectivity index (χ1n) is 6.86. The van der Waals surface area contributed by atoms with E-state index in [2.05, 4.69) is 0 Å². The Kier molecular flexibility index (Phi) is 4.74. The van der Waals surface area contributed by atoms with E-state index < -0.39 is 10.8 Å². The normalized spacial score (nSPS) is 14.0. The Hall–Kier alpha value is -2.15. The molecule has 21 heavy (non-hydrogen) atoms. The van der Waals surface area contributed by atoms with Crippen LogP contribution in [0.1, 0.15) is 23.2 Å². The van der Waals surface area contributed by atoms with Gasteiger partial charge in [-0.15, -0.1) is 0 Å². The molecular weight excluding hydrogens is 274 g/mol. The number of nitrogens with two attached hydrogens (primary N) is 1. The van der Waals surface area contributed by atoms with Gasteiger partial charge in [-0.25, -0.2) is 0 Å². The van der Waals surface area contributed by atoms with Crippen LogP contribution in [0.4, 0.5) is 11.4 Å². The molecule has 1 aliphatic carbocycles. The van der Waals surface area contributed by atoms with E-state index in [9.17, 15) is 14.9 Å². The second-order valence-corrected chi connectivity index (χ2v) is 5.25. The average molecular weight is 293 g/mol. The highest BCUT2D eigenvalue weighted by Crippen LogP contribution is 2.29. The Labute approximate surface area is 122 Å². The molecule has 7 heteroatoms.